The maximum Gasteiger partial charge on any atom is 0.251 e. The minimum Gasteiger partial charge on any atom is -0.497 e. The van der Waals surface area contributed by atoms with Gasteiger partial charge in [-0.15, -0.1) is 0 Å². The Hall–Kier alpha value is -3.72. The lowest BCUT2D eigenvalue weighted by Crippen LogP contribution is -2.50. The largest absolute Gasteiger partial charge is 0.497 e. The molecule has 2 aromatic carbocycles. The number of benzene rings is 2. The summed E-state index contributed by atoms with van der Waals surface area (Å²) in [4.78, 5) is 26.9. The van der Waals surface area contributed by atoms with E-state index in [9.17, 15) is 9.59 Å². The second kappa shape index (κ2) is 9.83. The molecule has 0 aromatic heterocycles. The number of hydrazine groups is 1. The highest BCUT2D eigenvalue weighted by Gasteiger charge is 2.40. The van der Waals surface area contributed by atoms with Crippen LogP contribution >= 0.6 is 0 Å². The summed E-state index contributed by atoms with van der Waals surface area (Å²) in [5, 5.41) is 4.66. The van der Waals surface area contributed by atoms with E-state index < -0.39 is 0 Å². The third-order valence-electron chi connectivity index (χ3n) is 5.85. The Bertz CT molecular complexity index is 1040. The standard InChI is InChI=1S/C24H28N4O5/c1-31-18-7-4-16(5-8-18)14-25-23(29)15-27-10-11-28-20(24(27)30)13-19(26-28)17-6-9-21(32-2)22(12-17)33-3/h4-12,19-20,26H,13-15H2,1-3H3,(H,25,29). The second-order valence-corrected chi connectivity index (χ2v) is 7.84. The molecular weight excluding hydrogens is 424 g/mol. The van der Waals surface area contributed by atoms with Gasteiger partial charge in [0, 0.05) is 18.9 Å². The lowest BCUT2D eigenvalue weighted by atomic mass is 10.0. The van der Waals surface area contributed by atoms with Crippen LogP contribution in [0.5, 0.6) is 17.2 Å². The third-order valence-corrected chi connectivity index (χ3v) is 5.85. The fourth-order valence-electron chi connectivity index (χ4n) is 4.01. The lowest BCUT2D eigenvalue weighted by Gasteiger charge is -2.31. The van der Waals surface area contributed by atoms with Crippen molar-refractivity contribution >= 4 is 11.8 Å². The Morgan fingerprint density at radius 2 is 1.79 bits per heavy atom. The molecule has 2 aromatic rings. The maximum atomic E-state index is 13.0. The minimum atomic E-state index is -0.387. The van der Waals surface area contributed by atoms with Crippen molar-refractivity contribution in [2.24, 2.45) is 0 Å². The van der Waals surface area contributed by atoms with Gasteiger partial charge in [-0.2, -0.15) is 0 Å². The first kappa shape index (κ1) is 22.5. The summed E-state index contributed by atoms with van der Waals surface area (Å²) >= 11 is 0. The van der Waals surface area contributed by atoms with Crippen LogP contribution in [0.2, 0.25) is 0 Å². The number of hydrogen-bond donors (Lipinski definition) is 2. The predicted molar refractivity (Wildman–Crippen MR) is 121 cm³/mol. The summed E-state index contributed by atoms with van der Waals surface area (Å²) in [7, 11) is 4.80. The molecule has 1 saturated heterocycles. The van der Waals surface area contributed by atoms with Crippen LogP contribution in [0.25, 0.3) is 0 Å². The fourth-order valence-corrected chi connectivity index (χ4v) is 4.01. The zero-order valence-electron chi connectivity index (χ0n) is 18.9. The molecule has 0 aliphatic carbocycles. The topological polar surface area (TPSA) is 92.4 Å². The number of carbonyl (C=O) groups excluding carboxylic acids is 2. The van der Waals surface area contributed by atoms with Crippen LogP contribution in [-0.4, -0.2) is 55.6 Å². The summed E-state index contributed by atoms with van der Waals surface area (Å²) in [6.07, 6.45) is 4.00. The number of ether oxygens (including phenoxy) is 3. The van der Waals surface area contributed by atoms with Crippen molar-refractivity contribution in [3.63, 3.8) is 0 Å². The molecule has 0 spiro atoms. The van der Waals surface area contributed by atoms with Crippen LogP contribution in [0, 0.1) is 0 Å². The van der Waals surface area contributed by atoms with E-state index in [2.05, 4.69) is 10.7 Å². The molecule has 2 amide bonds. The first-order chi connectivity index (χ1) is 16.0. The van der Waals surface area contributed by atoms with Gasteiger partial charge in [0.15, 0.2) is 11.5 Å². The number of methoxy groups -OCH3 is 3. The van der Waals surface area contributed by atoms with Crippen molar-refractivity contribution in [2.45, 2.75) is 25.0 Å². The maximum absolute atomic E-state index is 13.0. The SMILES string of the molecule is COc1ccc(CNC(=O)CN2C=CN3NC(c4ccc(OC)c(OC)c4)CC3C2=O)cc1. The Labute approximate surface area is 192 Å². The highest BCUT2D eigenvalue weighted by molar-refractivity contribution is 5.89. The summed E-state index contributed by atoms with van der Waals surface area (Å²) in [6, 6.07) is 12.7. The third kappa shape index (κ3) is 4.88. The molecule has 1 fully saturated rings. The van der Waals surface area contributed by atoms with Crippen LogP contribution in [0.15, 0.2) is 54.9 Å². The zero-order valence-corrected chi connectivity index (χ0v) is 18.9. The average Bonchev–Trinajstić information content (AvgIpc) is 3.29. The molecule has 2 atom stereocenters. The van der Waals surface area contributed by atoms with Crippen molar-refractivity contribution in [1.82, 2.24) is 20.7 Å². The summed E-state index contributed by atoms with van der Waals surface area (Å²) < 4.78 is 15.8. The first-order valence-electron chi connectivity index (χ1n) is 10.7. The van der Waals surface area contributed by atoms with E-state index in [1.54, 1.807) is 38.7 Å². The first-order valence-corrected chi connectivity index (χ1v) is 10.7. The number of carbonyl (C=O) groups is 2. The van der Waals surface area contributed by atoms with E-state index in [0.717, 1.165) is 16.9 Å². The smallest absolute Gasteiger partial charge is 0.251 e. The quantitative estimate of drug-likeness (QED) is 0.633. The molecule has 174 valence electrons. The molecule has 2 heterocycles. The van der Waals surface area contributed by atoms with E-state index >= 15 is 0 Å². The van der Waals surface area contributed by atoms with Crippen molar-refractivity contribution in [3.05, 3.63) is 66.0 Å². The summed E-state index contributed by atoms with van der Waals surface area (Å²) in [5.74, 6) is 1.71. The predicted octanol–water partition coefficient (Wildman–Crippen LogP) is 1.96. The van der Waals surface area contributed by atoms with E-state index in [4.69, 9.17) is 14.2 Å². The van der Waals surface area contributed by atoms with Gasteiger partial charge >= 0.3 is 0 Å². The molecule has 2 unspecified atom stereocenters. The number of fused-ring (bicyclic) bond motifs is 1. The van der Waals surface area contributed by atoms with Crippen molar-refractivity contribution in [3.8, 4) is 17.2 Å². The molecule has 0 bridgehead atoms. The molecule has 0 radical (unpaired) electrons. The summed E-state index contributed by atoms with van der Waals surface area (Å²) in [5.41, 5.74) is 5.30. The van der Waals surface area contributed by atoms with Crippen molar-refractivity contribution in [1.29, 1.82) is 0 Å². The molecule has 33 heavy (non-hydrogen) atoms. The van der Waals surface area contributed by atoms with Crippen LogP contribution in [0.4, 0.5) is 0 Å². The van der Waals surface area contributed by atoms with Crippen molar-refractivity contribution in [2.75, 3.05) is 27.9 Å². The average molecular weight is 453 g/mol. The van der Waals surface area contributed by atoms with E-state index in [1.807, 2.05) is 42.5 Å². The Balaban J connectivity index is 1.34. The Morgan fingerprint density at radius 3 is 2.48 bits per heavy atom. The van der Waals surface area contributed by atoms with Gasteiger partial charge in [-0.05, 0) is 41.8 Å². The van der Waals surface area contributed by atoms with Gasteiger partial charge in [0.2, 0.25) is 5.91 Å². The molecule has 9 nitrogen and oxygen atoms in total. The molecule has 4 rings (SSSR count). The van der Waals surface area contributed by atoms with Gasteiger partial charge in [-0.1, -0.05) is 18.2 Å². The van der Waals surface area contributed by atoms with Crippen LogP contribution in [0.3, 0.4) is 0 Å². The van der Waals surface area contributed by atoms with Gasteiger partial charge in [0.1, 0.15) is 18.3 Å². The van der Waals surface area contributed by atoms with Gasteiger partial charge < -0.3 is 29.4 Å². The van der Waals surface area contributed by atoms with Gasteiger partial charge in [0.25, 0.3) is 5.91 Å². The lowest BCUT2D eigenvalue weighted by molar-refractivity contribution is -0.138. The molecule has 2 aliphatic rings. The van der Waals surface area contributed by atoms with E-state index in [1.165, 1.54) is 4.90 Å². The Morgan fingerprint density at radius 1 is 1.03 bits per heavy atom. The fraction of sp³-hybridized carbons (Fsp3) is 0.333. The van der Waals surface area contributed by atoms with Crippen LogP contribution in [-0.2, 0) is 16.1 Å². The molecule has 0 saturated carbocycles. The molecular formula is C24H28N4O5. The van der Waals surface area contributed by atoms with Crippen LogP contribution in [0.1, 0.15) is 23.6 Å². The highest BCUT2D eigenvalue weighted by atomic mass is 16.5. The van der Waals surface area contributed by atoms with E-state index in [0.29, 0.717) is 24.5 Å². The van der Waals surface area contributed by atoms with Gasteiger partial charge in [-0.3, -0.25) is 9.59 Å². The number of nitrogens with zero attached hydrogens (tertiary/aromatic N) is 2. The highest BCUT2D eigenvalue weighted by Crippen LogP contribution is 2.35. The number of amides is 2. The molecule has 2 N–H and O–H groups in total. The monoisotopic (exact) mass is 452 g/mol. The molecule has 2 aliphatic heterocycles. The molecule has 9 heteroatoms. The van der Waals surface area contributed by atoms with Gasteiger partial charge in [0.05, 0.1) is 27.4 Å². The zero-order chi connectivity index (χ0) is 23.4. The van der Waals surface area contributed by atoms with E-state index in [-0.39, 0.29) is 30.4 Å². The normalized spacial score (nSPS) is 19.3. The van der Waals surface area contributed by atoms with Crippen molar-refractivity contribution < 1.29 is 23.8 Å². The van der Waals surface area contributed by atoms with Crippen LogP contribution < -0.4 is 25.0 Å². The van der Waals surface area contributed by atoms with Gasteiger partial charge in [-0.25, -0.2) is 5.43 Å². The number of rotatable bonds is 8. The summed E-state index contributed by atoms with van der Waals surface area (Å²) in [6.45, 7) is 0.351. The number of hydrogen-bond acceptors (Lipinski definition) is 7. The Kier molecular flexibility index (Phi) is 6.69. The number of nitrogens with one attached hydrogen (secondary N) is 2. The second-order valence-electron chi connectivity index (χ2n) is 7.84. The minimum absolute atomic E-state index is 0.0309.